The van der Waals surface area contributed by atoms with Gasteiger partial charge < -0.3 is 26.4 Å². The van der Waals surface area contributed by atoms with Crippen molar-refractivity contribution in [1.29, 1.82) is 0 Å². The third kappa shape index (κ3) is 7.35. The lowest BCUT2D eigenvalue weighted by atomic mass is 10.1. The molecule has 0 aliphatic rings. The molecule has 0 aliphatic carbocycles. The molecule has 0 saturated carbocycles. The molecule has 0 bridgehead atoms. The summed E-state index contributed by atoms with van der Waals surface area (Å²) >= 11 is 5.99. The lowest BCUT2D eigenvalue weighted by Crippen LogP contribution is -2.29. The topological polar surface area (TPSA) is 128 Å². The van der Waals surface area contributed by atoms with Crippen molar-refractivity contribution < 1.29 is 14.7 Å². The molecule has 0 unspecified atom stereocenters. The van der Waals surface area contributed by atoms with Gasteiger partial charge in [0.1, 0.15) is 17.4 Å². The van der Waals surface area contributed by atoms with E-state index in [1.54, 1.807) is 37.3 Å². The molecule has 0 atom stereocenters. The van der Waals surface area contributed by atoms with Gasteiger partial charge in [0.15, 0.2) is 5.82 Å². The van der Waals surface area contributed by atoms with E-state index in [-0.39, 0.29) is 17.6 Å². The van der Waals surface area contributed by atoms with Crippen molar-refractivity contribution in [2.45, 2.75) is 13.8 Å². The van der Waals surface area contributed by atoms with E-state index >= 15 is 0 Å². The molecule has 2 amide bonds. The SMILES string of the molecule is CC(=O)NCCNc1cc(NCCNC(=O)c2ccc(C)c(O)c2)nc(-c2ccc(Cl)cc2)n1. The molecule has 178 valence electrons. The summed E-state index contributed by atoms with van der Waals surface area (Å²) in [5.41, 5.74) is 1.89. The summed E-state index contributed by atoms with van der Waals surface area (Å²) in [7, 11) is 0. The van der Waals surface area contributed by atoms with Gasteiger partial charge in [-0.3, -0.25) is 9.59 Å². The van der Waals surface area contributed by atoms with E-state index in [4.69, 9.17) is 11.6 Å². The molecule has 5 N–H and O–H groups in total. The number of benzene rings is 2. The third-order valence-electron chi connectivity index (χ3n) is 4.82. The van der Waals surface area contributed by atoms with Gasteiger partial charge in [-0.1, -0.05) is 17.7 Å². The Morgan fingerprint density at radius 3 is 2.09 bits per heavy atom. The maximum atomic E-state index is 12.3. The van der Waals surface area contributed by atoms with Crippen LogP contribution < -0.4 is 21.3 Å². The summed E-state index contributed by atoms with van der Waals surface area (Å²) in [5.74, 6) is 1.37. The van der Waals surface area contributed by atoms with Crippen LogP contribution in [0, 0.1) is 6.92 Å². The van der Waals surface area contributed by atoms with Gasteiger partial charge >= 0.3 is 0 Å². The number of carbonyl (C=O) groups excluding carboxylic acids is 2. The molecule has 3 aromatic rings. The zero-order valence-corrected chi connectivity index (χ0v) is 19.7. The first-order valence-electron chi connectivity index (χ1n) is 10.8. The van der Waals surface area contributed by atoms with Crippen molar-refractivity contribution in [2.75, 3.05) is 36.8 Å². The number of hydrogen-bond acceptors (Lipinski definition) is 7. The van der Waals surface area contributed by atoms with E-state index in [1.807, 2.05) is 12.1 Å². The number of anilines is 2. The van der Waals surface area contributed by atoms with E-state index in [9.17, 15) is 14.7 Å². The summed E-state index contributed by atoms with van der Waals surface area (Å²) in [6.07, 6.45) is 0. The zero-order valence-electron chi connectivity index (χ0n) is 19.0. The first-order chi connectivity index (χ1) is 16.3. The molecular formula is C24H27ClN6O3. The number of nitrogens with one attached hydrogen (secondary N) is 4. The minimum atomic E-state index is -0.276. The van der Waals surface area contributed by atoms with E-state index in [0.29, 0.717) is 59.8 Å². The Labute approximate surface area is 203 Å². The van der Waals surface area contributed by atoms with Crippen LogP contribution in [0.1, 0.15) is 22.8 Å². The lowest BCUT2D eigenvalue weighted by molar-refractivity contribution is -0.118. The zero-order chi connectivity index (χ0) is 24.5. The number of phenols is 1. The van der Waals surface area contributed by atoms with Crippen LogP contribution in [-0.2, 0) is 4.79 Å². The molecule has 0 aliphatic heterocycles. The molecule has 3 rings (SSSR count). The third-order valence-corrected chi connectivity index (χ3v) is 5.07. The molecule has 0 saturated heterocycles. The van der Waals surface area contributed by atoms with E-state index in [0.717, 1.165) is 5.56 Å². The Bertz CT molecular complexity index is 1150. The average Bonchev–Trinajstić information content (AvgIpc) is 2.81. The fraction of sp³-hybridized carbons (Fsp3) is 0.250. The smallest absolute Gasteiger partial charge is 0.251 e. The summed E-state index contributed by atoms with van der Waals surface area (Å²) in [4.78, 5) is 32.5. The first-order valence-corrected chi connectivity index (χ1v) is 11.1. The lowest BCUT2D eigenvalue weighted by Gasteiger charge is -2.12. The molecule has 2 aromatic carbocycles. The molecule has 34 heavy (non-hydrogen) atoms. The highest BCUT2D eigenvalue weighted by atomic mass is 35.5. The van der Waals surface area contributed by atoms with Crippen molar-refractivity contribution in [1.82, 2.24) is 20.6 Å². The van der Waals surface area contributed by atoms with Gasteiger partial charge in [0.05, 0.1) is 0 Å². The number of amides is 2. The Kier molecular flexibility index (Phi) is 8.64. The highest BCUT2D eigenvalue weighted by Crippen LogP contribution is 2.22. The van der Waals surface area contributed by atoms with Crippen LogP contribution in [0.25, 0.3) is 11.4 Å². The molecule has 0 radical (unpaired) electrons. The Morgan fingerprint density at radius 2 is 1.50 bits per heavy atom. The van der Waals surface area contributed by atoms with Gasteiger partial charge in [-0.05, 0) is 48.9 Å². The normalized spacial score (nSPS) is 10.4. The van der Waals surface area contributed by atoms with Crippen LogP contribution in [0.5, 0.6) is 5.75 Å². The second-order valence-electron chi connectivity index (χ2n) is 7.56. The van der Waals surface area contributed by atoms with Crippen molar-refractivity contribution in [3.05, 3.63) is 64.7 Å². The molecule has 1 heterocycles. The summed E-state index contributed by atoms with van der Waals surface area (Å²) in [6, 6.07) is 13.8. The van der Waals surface area contributed by atoms with Gasteiger partial charge in [0.2, 0.25) is 5.91 Å². The van der Waals surface area contributed by atoms with Gasteiger partial charge in [-0.15, -0.1) is 0 Å². The molecular weight excluding hydrogens is 456 g/mol. The number of phenolic OH excluding ortho intramolecular Hbond substituents is 1. The fourth-order valence-corrected chi connectivity index (χ4v) is 3.13. The Balaban J connectivity index is 1.64. The van der Waals surface area contributed by atoms with Crippen LogP contribution in [0.3, 0.4) is 0 Å². The predicted molar refractivity (Wildman–Crippen MR) is 133 cm³/mol. The average molecular weight is 483 g/mol. The van der Waals surface area contributed by atoms with E-state index in [1.165, 1.54) is 13.0 Å². The van der Waals surface area contributed by atoms with Crippen LogP contribution in [0.4, 0.5) is 11.6 Å². The second kappa shape index (κ2) is 11.9. The maximum absolute atomic E-state index is 12.3. The second-order valence-corrected chi connectivity index (χ2v) is 8.00. The van der Waals surface area contributed by atoms with Gasteiger partial charge in [0.25, 0.3) is 5.91 Å². The highest BCUT2D eigenvalue weighted by molar-refractivity contribution is 6.30. The minimum absolute atomic E-state index is 0.0834. The van der Waals surface area contributed by atoms with Gasteiger partial charge in [0, 0.05) is 55.3 Å². The number of aryl methyl sites for hydroxylation is 1. The van der Waals surface area contributed by atoms with Crippen LogP contribution in [0.15, 0.2) is 48.5 Å². The van der Waals surface area contributed by atoms with Crippen LogP contribution in [0.2, 0.25) is 5.02 Å². The number of aromatic nitrogens is 2. The number of rotatable bonds is 10. The molecule has 9 nitrogen and oxygen atoms in total. The van der Waals surface area contributed by atoms with Gasteiger partial charge in [-0.25, -0.2) is 9.97 Å². The van der Waals surface area contributed by atoms with Gasteiger partial charge in [-0.2, -0.15) is 0 Å². The molecule has 1 aromatic heterocycles. The van der Waals surface area contributed by atoms with Crippen molar-refractivity contribution in [3.63, 3.8) is 0 Å². The summed E-state index contributed by atoms with van der Waals surface area (Å²) < 4.78 is 0. The summed E-state index contributed by atoms with van der Waals surface area (Å²) in [6.45, 7) is 4.95. The quantitative estimate of drug-likeness (QED) is 0.281. The monoisotopic (exact) mass is 482 g/mol. The number of nitrogens with zero attached hydrogens (tertiary/aromatic N) is 2. The van der Waals surface area contributed by atoms with Crippen molar-refractivity contribution >= 4 is 35.1 Å². The van der Waals surface area contributed by atoms with E-state index < -0.39 is 0 Å². The maximum Gasteiger partial charge on any atom is 0.251 e. The number of aromatic hydroxyl groups is 1. The summed E-state index contributed by atoms with van der Waals surface area (Å²) in [5, 5.41) is 22.3. The van der Waals surface area contributed by atoms with Crippen molar-refractivity contribution in [3.8, 4) is 17.1 Å². The fourth-order valence-electron chi connectivity index (χ4n) is 3.00. The largest absolute Gasteiger partial charge is 0.508 e. The van der Waals surface area contributed by atoms with E-state index in [2.05, 4.69) is 31.2 Å². The van der Waals surface area contributed by atoms with Crippen LogP contribution in [-0.4, -0.2) is 53.1 Å². The number of carbonyl (C=O) groups is 2. The molecule has 10 heteroatoms. The number of halogens is 1. The Morgan fingerprint density at radius 1 is 0.882 bits per heavy atom. The molecule has 0 fully saturated rings. The van der Waals surface area contributed by atoms with Crippen molar-refractivity contribution in [2.24, 2.45) is 0 Å². The minimum Gasteiger partial charge on any atom is -0.508 e. The molecule has 0 spiro atoms. The highest BCUT2D eigenvalue weighted by Gasteiger charge is 2.09. The predicted octanol–water partition coefficient (Wildman–Crippen LogP) is 3.20. The number of hydrogen-bond donors (Lipinski definition) is 5. The standard InChI is InChI=1S/C24H27ClN6O3/c1-15-3-4-18(13-20(15)33)24(34)29-12-11-28-22-14-21(27-10-9-26-16(2)32)30-23(31-22)17-5-7-19(25)8-6-17/h3-8,13-14,33H,9-12H2,1-2H3,(H,26,32)(H,29,34)(H2,27,28,30,31). The Hall–Kier alpha value is -3.85. The van der Waals surface area contributed by atoms with Crippen LogP contribution >= 0.6 is 11.6 Å². The first kappa shape index (κ1) is 24.8.